The molecule has 12 rings (SSSR count). The van der Waals surface area contributed by atoms with Crippen molar-refractivity contribution < 1.29 is 0 Å². The fourth-order valence-electron chi connectivity index (χ4n) is 9.74. The van der Waals surface area contributed by atoms with E-state index in [1.807, 2.05) is 0 Å². The molecule has 0 aliphatic rings. The summed E-state index contributed by atoms with van der Waals surface area (Å²) in [5, 5.41) is 12.5. The van der Waals surface area contributed by atoms with Gasteiger partial charge in [-0.2, -0.15) is 0 Å². The molecule has 1 nitrogen and oxygen atoms in total. The molecule has 11 aromatic carbocycles. The topological polar surface area (TPSA) is 4.93 Å². The van der Waals surface area contributed by atoms with E-state index in [0.717, 1.165) is 0 Å². The smallest absolute Gasteiger partial charge is 0.0541 e. The van der Waals surface area contributed by atoms with Crippen molar-refractivity contribution in [1.29, 1.82) is 0 Å². The molecule has 0 atom stereocenters. The van der Waals surface area contributed by atoms with Crippen molar-refractivity contribution in [2.45, 2.75) is 0 Å². The summed E-state index contributed by atoms with van der Waals surface area (Å²) in [6.07, 6.45) is 0. The standard InChI is InChI=1S/C58H37N/c1-4-16-38(17-5-1)42-29-33-54-51(36-42)52-37-43(39-18-6-2-7-19-39)30-34-55(52)59(54)53-35-32-49(45-24-12-13-25-46(45)53)57-48-27-15-14-26-47(48)56(41-21-8-3-9-22-41)58-44-23-11-10-20-40(44)28-31-50(57)58/h1-37H. The van der Waals surface area contributed by atoms with E-state index in [-0.39, 0.29) is 0 Å². The number of hydrogen-bond acceptors (Lipinski definition) is 0. The van der Waals surface area contributed by atoms with Crippen molar-refractivity contribution in [1.82, 2.24) is 4.57 Å². The summed E-state index contributed by atoms with van der Waals surface area (Å²) < 4.78 is 2.49. The van der Waals surface area contributed by atoms with Crippen LogP contribution < -0.4 is 0 Å². The average molecular weight is 748 g/mol. The summed E-state index contributed by atoms with van der Waals surface area (Å²) in [4.78, 5) is 0. The first-order chi connectivity index (χ1) is 29.3. The fourth-order valence-corrected chi connectivity index (χ4v) is 9.74. The minimum Gasteiger partial charge on any atom is -0.309 e. The maximum absolute atomic E-state index is 2.49. The van der Waals surface area contributed by atoms with Crippen LogP contribution in [0.5, 0.6) is 0 Å². The molecule has 0 N–H and O–H groups in total. The Morgan fingerprint density at radius 2 is 0.746 bits per heavy atom. The van der Waals surface area contributed by atoms with Crippen LogP contribution in [0.4, 0.5) is 0 Å². The Balaban J connectivity index is 1.16. The predicted octanol–water partition coefficient (Wildman–Crippen LogP) is 16.1. The van der Waals surface area contributed by atoms with Gasteiger partial charge in [-0.15, -0.1) is 0 Å². The molecular formula is C58H37N. The lowest BCUT2D eigenvalue weighted by Gasteiger charge is -2.21. The summed E-state index contributed by atoms with van der Waals surface area (Å²) >= 11 is 0. The molecule has 1 aromatic heterocycles. The van der Waals surface area contributed by atoms with Gasteiger partial charge in [0.1, 0.15) is 0 Å². The number of nitrogens with zero attached hydrogens (tertiary/aromatic N) is 1. The highest BCUT2D eigenvalue weighted by Gasteiger charge is 2.22. The first kappa shape index (κ1) is 33.4. The van der Waals surface area contributed by atoms with Crippen LogP contribution in [0.2, 0.25) is 0 Å². The molecule has 1 heteroatoms. The zero-order valence-electron chi connectivity index (χ0n) is 32.3. The maximum atomic E-state index is 2.49. The summed E-state index contributed by atoms with van der Waals surface area (Å²) in [7, 11) is 0. The van der Waals surface area contributed by atoms with Crippen LogP contribution in [0, 0.1) is 0 Å². The number of rotatable bonds is 5. The number of hydrogen-bond donors (Lipinski definition) is 0. The van der Waals surface area contributed by atoms with Gasteiger partial charge in [0.05, 0.1) is 16.7 Å². The van der Waals surface area contributed by atoms with E-state index in [9.17, 15) is 0 Å². The Morgan fingerprint density at radius 3 is 1.36 bits per heavy atom. The molecule has 0 saturated heterocycles. The van der Waals surface area contributed by atoms with Crippen LogP contribution in [0.25, 0.3) is 115 Å². The minimum atomic E-state index is 1.17. The lowest BCUT2D eigenvalue weighted by molar-refractivity contribution is 1.20. The second kappa shape index (κ2) is 13.4. The molecule has 0 aliphatic heterocycles. The lowest BCUT2D eigenvalue weighted by atomic mass is 9.83. The molecule has 274 valence electrons. The molecule has 0 fully saturated rings. The van der Waals surface area contributed by atoms with Gasteiger partial charge in [0.15, 0.2) is 0 Å². The van der Waals surface area contributed by atoms with E-state index in [4.69, 9.17) is 0 Å². The number of benzene rings is 11. The van der Waals surface area contributed by atoms with Gasteiger partial charge in [-0.25, -0.2) is 0 Å². The second-order valence-electron chi connectivity index (χ2n) is 15.6. The van der Waals surface area contributed by atoms with E-state index < -0.39 is 0 Å². The van der Waals surface area contributed by atoms with Crippen molar-refractivity contribution in [3.8, 4) is 50.2 Å². The van der Waals surface area contributed by atoms with Crippen molar-refractivity contribution >= 4 is 64.9 Å². The van der Waals surface area contributed by atoms with Gasteiger partial charge in [0.25, 0.3) is 0 Å². The van der Waals surface area contributed by atoms with Gasteiger partial charge < -0.3 is 4.57 Å². The summed E-state index contributed by atoms with van der Waals surface area (Å²) in [6.45, 7) is 0. The Hall–Kier alpha value is -7.74. The number of aromatic nitrogens is 1. The second-order valence-corrected chi connectivity index (χ2v) is 15.6. The molecule has 0 spiro atoms. The minimum absolute atomic E-state index is 1.17. The Kier molecular flexibility index (Phi) is 7.61. The van der Waals surface area contributed by atoms with Gasteiger partial charge in [-0.3, -0.25) is 0 Å². The maximum Gasteiger partial charge on any atom is 0.0541 e. The third-order valence-corrected chi connectivity index (χ3v) is 12.4. The van der Waals surface area contributed by atoms with Crippen molar-refractivity contribution in [3.05, 3.63) is 224 Å². The van der Waals surface area contributed by atoms with Gasteiger partial charge >= 0.3 is 0 Å². The third-order valence-electron chi connectivity index (χ3n) is 12.4. The van der Waals surface area contributed by atoms with Crippen LogP contribution in [0.1, 0.15) is 0 Å². The first-order valence-corrected chi connectivity index (χ1v) is 20.4. The van der Waals surface area contributed by atoms with Gasteiger partial charge in [0.2, 0.25) is 0 Å². The summed E-state index contributed by atoms with van der Waals surface area (Å²) in [5.74, 6) is 0. The van der Waals surface area contributed by atoms with Crippen LogP contribution in [0.3, 0.4) is 0 Å². The van der Waals surface area contributed by atoms with E-state index in [1.165, 1.54) is 115 Å². The highest BCUT2D eigenvalue weighted by molar-refractivity contribution is 6.29. The largest absolute Gasteiger partial charge is 0.309 e. The lowest BCUT2D eigenvalue weighted by Crippen LogP contribution is -1.97. The molecule has 0 radical (unpaired) electrons. The van der Waals surface area contributed by atoms with Crippen LogP contribution in [-0.4, -0.2) is 4.57 Å². The van der Waals surface area contributed by atoms with E-state index >= 15 is 0 Å². The zero-order valence-corrected chi connectivity index (χ0v) is 32.3. The fraction of sp³-hybridized carbons (Fsp3) is 0. The van der Waals surface area contributed by atoms with Crippen molar-refractivity contribution in [3.63, 3.8) is 0 Å². The van der Waals surface area contributed by atoms with Crippen molar-refractivity contribution in [2.75, 3.05) is 0 Å². The Bertz CT molecular complexity index is 3480. The molecular weight excluding hydrogens is 711 g/mol. The normalized spacial score (nSPS) is 11.7. The number of fused-ring (bicyclic) bond motifs is 8. The van der Waals surface area contributed by atoms with E-state index in [1.54, 1.807) is 0 Å². The van der Waals surface area contributed by atoms with Crippen LogP contribution in [0.15, 0.2) is 224 Å². The summed E-state index contributed by atoms with van der Waals surface area (Å²) in [5.41, 5.74) is 13.4. The quantitative estimate of drug-likeness (QED) is 0.122. The molecule has 1 heterocycles. The first-order valence-electron chi connectivity index (χ1n) is 20.4. The summed E-state index contributed by atoms with van der Waals surface area (Å²) in [6, 6.07) is 82.6. The monoisotopic (exact) mass is 747 g/mol. The van der Waals surface area contributed by atoms with Crippen LogP contribution >= 0.6 is 0 Å². The van der Waals surface area contributed by atoms with E-state index in [0.29, 0.717) is 0 Å². The van der Waals surface area contributed by atoms with Crippen LogP contribution in [-0.2, 0) is 0 Å². The zero-order chi connectivity index (χ0) is 38.9. The molecule has 0 unspecified atom stereocenters. The van der Waals surface area contributed by atoms with Crippen molar-refractivity contribution in [2.24, 2.45) is 0 Å². The molecule has 0 amide bonds. The van der Waals surface area contributed by atoms with Gasteiger partial charge in [-0.05, 0) is 113 Å². The Morgan fingerprint density at radius 1 is 0.254 bits per heavy atom. The molecule has 0 saturated carbocycles. The average Bonchev–Trinajstić information content (AvgIpc) is 3.64. The predicted molar refractivity (Wildman–Crippen MR) is 253 cm³/mol. The van der Waals surface area contributed by atoms with E-state index in [2.05, 4.69) is 229 Å². The third kappa shape index (κ3) is 5.25. The highest BCUT2D eigenvalue weighted by Crippen LogP contribution is 2.48. The molecule has 0 bridgehead atoms. The van der Waals surface area contributed by atoms with Gasteiger partial charge in [0, 0.05) is 16.2 Å². The molecule has 12 aromatic rings. The highest BCUT2D eigenvalue weighted by atomic mass is 15.0. The molecule has 59 heavy (non-hydrogen) atoms. The van der Waals surface area contributed by atoms with Gasteiger partial charge in [-0.1, -0.05) is 194 Å². The Labute approximate surface area is 342 Å². The SMILES string of the molecule is c1ccc(-c2ccc3c(c2)c2cc(-c4ccccc4)ccc2n3-c2ccc(-c3c4ccccc4c(-c4ccccc4)c4c3ccc3ccccc34)c3ccccc23)cc1. The molecule has 0 aliphatic carbocycles.